The van der Waals surface area contributed by atoms with Gasteiger partial charge in [0.15, 0.2) is 0 Å². The fourth-order valence-corrected chi connectivity index (χ4v) is 2.32. The van der Waals surface area contributed by atoms with Crippen LogP contribution in [0.2, 0.25) is 0 Å². The van der Waals surface area contributed by atoms with Crippen LogP contribution < -0.4 is 0 Å². The van der Waals surface area contributed by atoms with E-state index in [4.69, 9.17) is 0 Å². The largest absolute Gasteiger partial charge is 0.380 e. The number of rotatable bonds is 3. The molecule has 19 heavy (non-hydrogen) atoms. The van der Waals surface area contributed by atoms with Gasteiger partial charge >= 0.3 is 0 Å². The first-order valence-corrected chi connectivity index (χ1v) is 6.53. The zero-order chi connectivity index (χ0) is 14.0. The Morgan fingerprint density at radius 1 is 1.00 bits per heavy atom. The standard InChI is InChI=1S/C17H19FO/c1-4-17(19,14-6-5-7-16(18)11-14)15-9-8-12(2)13(3)10-15/h5-11,19H,4H2,1-3H3. The lowest BCUT2D eigenvalue weighted by atomic mass is 9.83. The molecule has 0 heterocycles. The molecule has 2 aromatic carbocycles. The van der Waals surface area contributed by atoms with E-state index < -0.39 is 5.60 Å². The third-order valence-corrected chi connectivity index (χ3v) is 3.80. The highest BCUT2D eigenvalue weighted by Gasteiger charge is 2.29. The Morgan fingerprint density at radius 2 is 1.68 bits per heavy atom. The van der Waals surface area contributed by atoms with Crippen molar-refractivity contribution in [2.24, 2.45) is 0 Å². The molecule has 0 saturated carbocycles. The molecule has 1 atom stereocenters. The van der Waals surface area contributed by atoms with Gasteiger partial charge in [0.25, 0.3) is 0 Å². The van der Waals surface area contributed by atoms with Gasteiger partial charge < -0.3 is 5.11 Å². The lowest BCUT2D eigenvalue weighted by molar-refractivity contribution is 0.0761. The average Bonchev–Trinajstić information content (AvgIpc) is 2.41. The number of aryl methyl sites for hydroxylation is 2. The first-order valence-electron chi connectivity index (χ1n) is 6.53. The lowest BCUT2D eigenvalue weighted by Crippen LogP contribution is -2.26. The highest BCUT2D eigenvalue weighted by molar-refractivity contribution is 5.40. The van der Waals surface area contributed by atoms with Gasteiger partial charge in [0, 0.05) is 0 Å². The van der Waals surface area contributed by atoms with Crippen molar-refractivity contribution >= 4 is 0 Å². The predicted molar refractivity (Wildman–Crippen MR) is 75.6 cm³/mol. The molecule has 0 aromatic heterocycles. The Kier molecular flexibility index (Phi) is 3.72. The minimum Gasteiger partial charge on any atom is -0.380 e. The first-order chi connectivity index (χ1) is 8.97. The highest BCUT2D eigenvalue weighted by atomic mass is 19.1. The van der Waals surface area contributed by atoms with E-state index >= 15 is 0 Å². The van der Waals surface area contributed by atoms with Crippen LogP contribution >= 0.6 is 0 Å². The van der Waals surface area contributed by atoms with E-state index in [-0.39, 0.29) is 5.82 Å². The van der Waals surface area contributed by atoms with Crippen LogP contribution in [0.4, 0.5) is 4.39 Å². The van der Waals surface area contributed by atoms with Crippen LogP contribution in [0.5, 0.6) is 0 Å². The molecule has 0 amide bonds. The summed E-state index contributed by atoms with van der Waals surface area (Å²) in [6, 6.07) is 12.1. The number of hydrogen-bond acceptors (Lipinski definition) is 1. The minimum absolute atomic E-state index is 0.326. The van der Waals surface area contributed by atoms with Crippen LogP contribution in [0.1, 0.15) is 35.6 Å². The van der Waals surface area contributed by atoms with E-state index in [1.54, 1.807) is 12.1 Å². The molecular formula is C17H19FO. The second-order valence-corrected chi connectivity index (χ2v) is 5.02. The van der Waals surface area contributed by atoms with Crippen LogP contribution in [0.25, 0.3) is 0 Å². The van der Waals surface area contributed by atoms with Crippen molar-refractivity contribution in [1.82, 2.24) is 0 Å². The molecule has 100 valence electrons. The molecule has 0 radical (unpaired) electrons. The summed E-state index contributed by atoms with van der Waals surface area (Å²) in [6.07, 6.45) is 0.499. The summed E-state index contributed by atoms with van der Waals surface area (Å²) in [5, 5.41) is 10.9. The molecule has 2 aromatic rings. The predicted octanol–water partition coefficient (Wildman–Crippen LogP) is 4.09. The van der Waals surface area contributed by atoms with E-state index in [1.165, 1.54) is 17.7 Å². The zero-order valence-electron chi connectivity index (χ0n) is 11.6. The third kappa shape index (κ3) is 2.54. The SMILES string of the molecule is CCC(O)(c1cccc(F)c1)c1ccc(C)c(C)c1. The van der Waals surface area contributed by atoms with Gasteiger partial charge in [-0.1, -0.05) is 37.3 Å². The molecule has 0 bridgehead atoms. The Hall–Kier alpha value is -1.67. The zero-order valence-corrected chi connectivity index (χ0v) is 11.6. The van der Waals surface area contributed by atoms with Crippen molar-refractivity contribution in [2.45, 2.75) is 32.8 Å². The van der Waals surface area contributed by atoms with Gasteiger partial charge in [-0.25, -0.2) is 4.39 Å². The van der Waals surface area contributed by atoms with Crippen LogP contribution in [-0.2, 0) is 5.60 Å². The van der Waals surface area contributed by atoms with Gasteiger partial charge in [-0.2, -0.15) is 0 Å². The van der Waals surface area contributed by atoms with E-state index in [9.17, 15) is 9.50 Å². The summed E-state index contributed by atoms with van der Waals surface area (Å²) < 4.78 is 13.4. The van der Waals surface area contributed by atoms with Gasteiger partial charge in [0.05, 0.1) is 0 Å². The summed E-state index contributed by atoms with van der Waals surface area (Å²) in [5.41, 5.74) is 2.57. The van der Waals surface area contributed by atoms with E-state index in [0.29, 0.717) is 12.0 Å². The van der Waals surface area contributed by atoms with Crippen molar-refractivity contribution in [2.75, 3.05) is 0 Å². The normalized spacial score (nSPS) is 14.2. The Labute approximate surface area is 113 Å². The molecule has 0 spiro atoms. The van der Waals surface area contributed by atoms with Crippen LogP contribution in [0.3, 0.4) is 0 Å². The summed E-state index contributed by atoms with van der Waals surface area (Å²) in [7, 11) is 0. The summed E-state index contributed by atoms with van der Waals surface area (Å²) in [6.45, 7) is 5.95. The molecule has 0 aliphatic heterocycles. The maximum Gasteiger partial charge on any atom is 0.123 e. The van der Waals surface area contributed by atoms with Gasteiger partial charge in [-0.15, -0.1) is 0 Å². The fraction of sp³-hybridized carbons (Fsp3) is 0.294. The Bertz CT molecular complexity index is 592. The minimum atomic E-state index is -1.14. The summed E-state index contributed by atoms with van der Waals surface area (Å²) in [5.74, 6) is -0.326. The number of benzene rings is 2. The molecule has 0 fully saturated rings. The molecule has 0 aliphatic carbocycles. The Morgan fingerprint density at radius 3 is 2.26 bits per heavy atom. The fourth-order valence-electron chi connectivity index (χ4n) is 2.32. The molecule has 1 nitrogen and oxygen atoms in total. The van der Waals surface area contributed by atoms with E-state index in [0.717, 1.165) is 11.1 Å². The second-order valence-electron chi connectivity index (χ2n) is 5.02. The number of hydrogen-bond donors (Lipinski definition) is 1. The molecule has 0 saturated heterocycles. The van der Waals surface area contributed by atoms with Gasteiger partial charge in [-0.3, -0.25) is 0 Å². The number of aliphatic hydroxyl groups is 1. The maximum atomic E-state index is 13.4. The third-order valence-electron chi connectivity index (χ3n) is 3.80. The van der Waals surface area contributed by atoms with Crippen LogP contribution in [0, 0.1) is 19.7 Å². The molecular weight excluding hydrogens is 239 g/mol. The van der Waals surface area contributed by atoms with Gasteiger partial charge in [-0.05, 0) is 54.7 Å². The van der Waals surface area contributed by atoms with Crippen molar-refractivity contribution < 1.29 is 9.50 Å². The van der Waals surface area contributed by atoms with E-state index in [1.807, 2.05) is 39.0 Å². The highest BCUT2D eigenvalue weighted by Crippen LogP contribution is 2.33. The van der Waals surface area contributed by atoms with Crippen molar-refractivity contribution in [3.63, 3.8) is 0 Å². The quantitative estimate of drug-likeness (QED) is 0.879. The smallest absolute Gasteiger partial charge is 0.123 e. The van der Waals surface area contributed by atoms with E-state index in [2.05, 4.69) is 0 Å². The van der Waals surface area contributed by atoms with Crippen LogP contribution in [-0.4, -0.2) is 5.11 Å². The van der Waals surface area contributed by atoms with Gasteiger partial charge in [0.2, 0.25) is 0 Å². The molecule has 1 unspecified atom stereocenters. The molecule has 2 heteroatoms. The summed E-state index contributed by atoms with van der Waals surface area (Å²) in [4.78, 5) is 0. The van der Waals surface area contributed by atoms with Gasteiger partial charge in [0.1, 0.15) is 11.4 Å². The maximum absolute atomic E-state index is 13.4. The first kappa shape index (κ1) is 13.8. The number of halogens is 1. The summed E-state index contributed by atoms with van der Waals surface area (Å²) >= 11 is 0. The molecule has 2 rings (SSSR count). The second kappa shape index (κ2) is 5.14. The van der Waals surface area contributed by atoms with Crippen molar-refractivity contribution in [1.29, 1.82) is 0 Å². The topological polar surface area (TPSA) is 20.2 Å². The molecule has 0 aliphatic rings. The van der Waals surface area contributed by atoms with Crippen molar-refractivity contribution in [3.05, 3.63) is 70.5 Å². The monoisotopic (exact) mass is 258 g/mol. The van der Waals surface area contributed by atoms with Crippen LogP contribution in [0.15, 0.2) is 42.5 Å². The Balaban J connectivity index is 2.56. The lowest BCUT2D eigenvalue weighted by Gasteiger charge is -2.28. The van der Waals surface area contributed by atoms with Crippen molar-refractivity contribution in [3.8, 4) is 0 Å². The average molecular weight is 258 g/mol. The molecule has 1 N–H and O–H groups in total.